The molecule has 7 heteroatoms. The Kier molecular flexibility index (Phi) is 3.40. The van der Waals surface area contributed by atoms with Crippen molar-refractivity contribution in [3.05, 3.63) is 29.3 Å². The zero-order chi connectivity index (χ0) is 14.1. The van der Waals surface area contributed by atoms with Crippen LogP contribution in [0.15, 0.2) is 24.3 Å². The summed E-state index contributed by atoms with van der Waals surface area (Å²) in [6, 6.07) is 7.00. The molecular weight excluding hydrogens is 280 g/mol. The summed E-state index contributed by atoms with van der Waals surface area (Å²) in [5, 5.41) is 21.4. The molecule has 1 saturated carbocycles. The summed E-state index contributed by atoms with van der Waals surface area (Å²) in [6.45, 7) is 0. The van der Waals surface area contributed by atoms with Gasteiger partial charge in [0.05, 0.1) is 12.5 Å². The van der Waals surface area contributed by atoms with Crippen molar-refractivity contribution in [1.82, 2.24) is 20.2 Å². The van der Waals surface area contributed by atoms with Crippen LogP contribution in [0.4, 0.5) is 0 Å². The van der Waals surface area contributed by atoms with E-state index in [1.54, 1.807) is 16.8 Å². The lowest BCUT2D eigenvalue weighted by atomic mass is 10.1. The lowest BCUT2D eigenvalue weighted by Crippen LogP contribution is -2.18. The summed E-state index contributed by atoms with van der Waals surface area (Å²) >= 11 is 5.87. The van der Waals surface area contributed by atoms with E-state index in [0.29, 0.717) is 16.8 Å². The first kappa shape index (κ1) is 13.1. The highest BCUT2D eigenvalue weighted by molar-refractivity contribution is 6.30. The number of hydrogen-bond donors (Lipinski definition) is 1. The van der Waals surface area contributed by atoms with Crippen LogP contribution in [0.25, 0.3) is 11.4 Å². The molecule has 104 valence electrons. The third-order valence-electron chi connectivity index (χ3n) is 3.46. The van der Waals surface area contributed by atoms with Crippen LogP contribution < -0.4 is 0 Å². The summed E-state index contributed by atoms with van der Waals surface area (Å²) in [4.78, 5) is 11.0. The minimum absolute atomic E-state index is 0.0380. The van der Waals surface area contributed by atoms with E-state index in [9.17, 15) is 4.79 Å². The van der Waals surface area contributed by atoms with Crippen molar-refractivity contribution in [2.45, 2.75) is 25.3 Å². The SMILES string of the molecule is O=C(O)CC(C1CC1)n1nnnc1-c1ccc(Cl)cc1. The van der Waals surface area contributed by atoms with Crippen LogP contribution in [0, 0.1) is 5.92 Å². The molecule has 3 rings (SSSR count). The maximum atomic E-state index is 11.0. The van der Waals surface area contributed by atoms with E-state index in [1.807, 2.05) is 12.1 Å². The quantitative estimate of drug-likeness (QED) is 0.915. The predicted octanol–water partition coefficient (Wildman–Crippen LogP) is 2.42. The second-order valence-electron chi connectivity index (χ2n) is 4.96. The number of carboxylic acid groups (broad SMARTS) is 1. The maximum Gasteiger partial charge on any atom is 0.305 e. The fourth-order valence-corrected chi connectivity index (χ4v) is 2.44. The van der Waals surface area contributed by atoms with Crippen LogP contribution in [-0.2, 0) is 4.79 Å². The van der Waals surface area contributed by atoms with Crippen LogP contribution in [0.3, 0.4) is 0 Å². The highest BCUT2D eigenvalue weighted by atomic mass is 35.5. The Morgan fingerprint density at radius 1 is 1.40 bits per heavy atom. The van der Waals surface area contributed by atoms with Gasteiger partial charge in [0.2, 0.25) is 0 Å². The summed E-state index contributed by atoms with van der Waals surface area (Å²) in [5.41, 5.74) is 0.829. The van der Waals surface area contributed by atoms with Crippen LogP contribution in [0.5, 0.6) is 0 Å². The van der Waals surface area contributed by atoms with Gasteiger partial charge in [-0.05, 0) is 53.5 Å². The lowest BCUT2D eigenvalue weighted by molar-refractivity contribution is -0.138. The molecule has 2 aromatic rings. The third kappa shape index (κ3) is 2.65. The van der Waals surface area contributed by atoms with E-state index in [0.717, 1.165) is 18.4 Å². The van der Waals surface area contributed by atoms with Gasteiger partial charge in [0, 0.05) is 10.6 Å². The van der Waals surface area contributed by atoms with Crippen molar-refractivity contribution in [3.63, 3.8) is 0 Å². The van der Waals surface area contributed by atoms with Gasteiger partial charge in [0.15, 0.2) is 5.82 Å². The first-order chi connectivity index (χ1) is 9.65. The van der Waals surface area contributed by atoms with Crippen molar-refractivity contribution in [3.8, 4) is 11.4 Å². The molecule has 0 radical (unpaired) electrons. The Morgan fingerprint density at radius 3 is 2.70 bits per heavy atom. The number of carbonyl (C=O) groups is 1. The zero-order valence-corrected chi connectivity index (χ0v) is 11.4. The minimum atomic E-state index is -0.834. The average Bonchev–Trinajstić information content (AvgIpc) is 3.14. The number of hydrogen-bond acceptors (Lipinski definition) is 4. The van der Waals surface area contributed by atoms with E-state index in [1.165, 1.54) is 0 Å². The molecule has 6 nitrogen and oxygen atoms in total. The van der Waals surface area contributed by atoms with E-state index in [-0.39, 0.29) is 12.5 Å². The first-order valence-electron chi connectivity index (χ1n) is 6.41. The first-order valence-corrected chi connectivity index (χ1v) is 6.78. The Labute approximate surface area is 120 Å². The molecule has 1 fully saturated rings. The summed E-state index contributed by atoms with van der Waals surface area (Å²) in [5.74, 6) is 0.0972. The fourth-order valence-electron chi connectivity index (χ4n) is 2.32. The Balaban J connectivity index is 1.95. The van der Waals surface area contributed by atoms with Crippen LogP contribution >= 0.6 is 11.6 Å². The molecule has 20 heavy (non-hydrogen) atoms. The molecular formula is C13H13ClN4O2. The van der Waals surface area contributed by atoms with Gasteiger partial charge in [0.25, 0.3) is 0 Å². The van der Waals surface area contributed by atoms with Crippen molar-refractivity contribution < 1.29 is 9.90 Å². The molecule has 1 N–H and O–H groups in total. The lowest BCUT2D eigenvalue weighted by Gasteiger charge is -2.15. The van der Waals surface area contributed by atoms with Crippen LogP contribution in [0.2, 0.25) is 5.02 Å². The highest BCUT2D eigenvalue weighted by Gasteiger charge is 2.36. The van der Waals surface area contributed by atoms with Gasteiger partial charge in [-0.25, -0.2) is 4.68 Å². The van der Waals surface area contributed by atoms with Crippen molar-refractivity contribution in [1.29, 1.82) is 0 Å². The largest absolute Gasteiger partial charge is 0.481 e. The summed E-state index contributed by atoms with van der Waals surface area (Å²) in [7, 11) is 0. The van der Waals surface area contributed by atoms with Gasteiger partial charge in [-0.1, -0.05) is 11.6 Å². The number of carboxylic acids is 1. The van der Waals surface area contributed by atoms with Crippen molar-refractivity contribution >= 4 is 17.6 Å². The van der Waals surface area contributed by atoms with Gasteiger partial charge in [0.1, 0.15) is 0 Å². The van der Waals surface area contributed by atoms with Gasteiger partial charge < -0.3 is 5.11 Å². The second kappa shape index (κ2) is 5.20. The fraction of sp³-hybridized carbons (Fsp3) is 0.385. The van der Waals surface area contributed by atoms with Gasteiger partial charge in [-0.2, -0.15) is 0 Å². The molecule has 1 aliphatic carbocycles. The second-order valence-corrected chi connectivity index (χ2v) is 5.39. The molecule has 1 aromatic carbocycles. The number of rotatable bonds is 5. The van der Waals surface area contributed by atoms with Crippen LogP contribution in [-0.4, -0.2) is 31.3 Å². The summed E-state index contributed by atoms with van der Waals surface area (Å²) in [6.07, 6.45) is 2.09. The molecule has 0 aliphatic heterocycles. The molecule has 1 atom stereocenters. The number of aliphatic carboxylic acids is 1. The number of tetrazole rings is 1. The number of nitrogens with zero attached hydrogens (tertiary/aromatic N) is 4. The number of aromatic nitrogens is 4. The van der Waals surface area contributed by atoms with Gasteiger partial charge in [-0.3, -0.25) is 4.79 Å². The van der Waals surface area contributed by atoms with Crippen LogP contribution in [0.1, 0.15) is 25.3 Å². The van der Waals surface area contributed by atoms with Crippen molar-refractivity contribution in [2.75, 3.05) is 0 Å². The number of benzene rings is 1. The topological polar surface area (TPSA) is 80.9 Å². The van der Waals surface area contributed by atoms with Crippen molar-refractivity contribution in [2.24, 2.45) is 5.92 Å². The third-order valence-corrected chi connectivity index (χ3v) is 3.71. The molecule has 0 amide bonds. The Hall–Kier alpha value is -1.95. The Morgan fingerprint density at radius 2 is 2.10 bits per heavy atom. The van der Waals surface area contributed by atoms with E-state index in [4.69, 9.17) is 16.7 Å². The van der Waals surface area contributed by atoms with E-state index >= 15 is 0 Å². The zero-order valence-electron chi connectivity index (χ0n) is 10.6. The molecule has 0 spiro atoms. The average molecular weight is 293 g/mol. The molecule has 1 heterocycles. The minimum Gasteiger partial charge on any atom is -0.481 e. The van der Waals surface area contributed by atoms with Gasteiger partial charge >= 0.3 is 5.97 Å². The standard InChI is InChI=1S/C13H13ClN4O2/c14-10-5-3-9(4-6-10)13-15-16-17-18(13)11(7-12(19)20)8-1-2-8/h3-6,8,11H,1-2,7H2,(H,19,20). The molecule has 0 bridgehead atoms. The molecule has 0 saturated heterocycles. The van der Waals surface area contributed by atoms with E-state index in [2.05, 4.69) is 15.5 Å². The highest BCUT2D eigenvalue weighted by Crippen LogP contribution is 2.42. The van der Waals surface area contributed by atoms with E-state index < -0.39 is 5.97 Å². The maximum absolute atomic E-state index is 11.0. The molecule has 1 aromatic heterocycles. The molecule has 1 aliphatic rings. The predicted molar refractivity (Wildman–Crippen MR) is 72.3 cm³/mol. The summed E-state index contributed by atoms with van der Waals surface area (Å²) < 4.78 is 1.63. The normalized spacial score (nSPS) is 16.1. The monoisotopic (exact) mass is 292 g/mol. The smallest absolute Gasteiger partial charge is 0.305 e. The molecule has 1 unspecified atom stereocenters. The number of halogens is 1. The van der Waals surface area contributed by atoms with Gasteiger partial charge in [-0.15, -0.1) is 5.10 Å². The Bertz CT molecular complexity index is 622.